The number of pyridine rings is 1. The highest BCUT2D eigenvalue weighted by atomic mass is 35.5. The predicted molar refractivity (Wildman–Crippen MR) is 180 cm³/mol. The molecule has 45 heavy (non-hydrogen) atoms. The van der Waals surface area contributed by atoms with Crippen LogP contribution in [-0.2, 0) is 35.5 Å². The van der Waals surface area contributed by atoms with Crippen molar-refractivity contribution in [3.05, 3.63) is 166 Å². The van der Waals surface area contributed by atoms with Crippen LogP contribution in [0.3, 0.4) is 0 Å². The number of benzene rings is 4. The average molecular weight is 612 g/mol. The summed E-state index contributed by atoms with van der Waals surface area (Å²) in [6.45, 7) is 1.40. The SMILES string of the molecule is O=C([C@H](Cc1ccccc1)N(Cc1ccc(-c2ccccn2)cc1)C(=O)/C=C/c1ccccc1Cl)N1CCc2ccccc2C1. The van der Waals surface area contributed by atoms with E-state index in [0.717, 1.165) is 39.9 Å². The van der Waals surface area contributed by atoms with E-state index in [1.54, 1.807) is 23.2 Å². The van der Waals surface area contributed by atoms with Gasteiger partial charge >= 0.3 is 0 Å². The third-order valence-electron chi connectivity index (χ3n) is 8.24. The number of carbonyl (C=O) groups excluding carboxylic acids is 2. The molecule has 2 amide bonds. The number of hydrogen-bond acceptors (Lipinski definition) is 3. The highest BCUT2D eigenvalue weighted by Gasteiger charge is 2.34. The fourth-order valence-electron chi connectivity index (χ4n) is 5.78. The number of fused-ring (bicyclic) bond motifs is 1. The summed E-state index contributed by atoms with van der Waals surface area (Å²) in [6, 6.07) is 38.7. The lowest BCUT2D eigenvalue weighted by atomic mass is 9.97. The largest absolute Gasteiger partial charge is 0.336 e. The summed E-state index contributed by atoms with van der Waals surface area (Å²) in [7, 11) is 0. The van der Waals surface area contributed by atoms with Crippen molar-refractivity contribution in [2.45, 2.75) is 32.0 Å². The number of amides is 2. The minimum atomic E-state index is -0.712. The van der Waals surface area contributed by atoms with Gasteiger partial charge in [-0.05, 0) is 58.5 Å². The van der Waals surface area contributed by atoms with Gasteiger partial charge in [-0.2, -0.15) is 0 Å². The van der Waals surface area contributed by atoms with Crippen molar-refractivity contribution in [1.82, 2.24) is 14.8 Å². The zero-order valence-corrected chi connectivity index (χ0v) is 25.7. The van der Waals surface area contributed by atoms with Crippen LogP contribution in [0.4, 0.5) is 0 Å². The normalized spacial score (nSPS) is 13.3. The molecule has 5 aromatic rings. The van der Waals surface area contributed by atoms with Crippen LogP contribution in [0.1, 0.15) is 27.8 Å². The molecule has 0 unspecified atom stereocenters. The highest BCUT2D eigenvalue weighted by Crippen LogP contribution is 2.25. The molecule has 0 bridgehead atoms. The fraction of sp³-hybridized carbons (Fsp3) is 0.154. The van der Waals surface area contributed by atoms with Gasteiger partial charge in [0.25, 0.3) is 0 Å². The van der Waals surface area contributed by atoms with Gasteiger partial charge in [-0.3, -0.25) is 14.6 Å². The summed E-state index contributed by atoms with van der Waals surface area (Å²) in [5, 5.41) is 0.558. The van der Waals surface area contributed by atoms with Crippen molar-refractivity contribution in [1.29, 1.82) is 0 Å². The van der Waals surface area contributed by atoms with Crippen LogP contribution in [0.25, 0.3) is 17.3 Å². The maximum Gasteiger partial charge on any atom is 0.247 e. The van der Waals surface area contributed by atoms with E-state index in [0.29, 0.717) is 24.5 Å². The first kappa shape index (κ1) is 30.0. The molecule has 1 aliphatic rings. The molecule has 0 saturated carbocycles. The van der Waals surface area contributed by atoms with Crippen molar-refractivity contribution in [3.8, 4) is 11.3 Å². The predicted octanol–water partition coefficient (Wildman–Crippen LogP) is 7.64. The molecule has 1 atom stereocenters. The van der Waals surface area contributed by atoms with Crippen LogP contribution in [0.2, 0.25) is 5.02 Å². The first-order chi connectivity index (χ1) is 22.0. The molecule has 224 valence electrons. The Balaban J connectivity index is 1.35. The maximum atomic E-state index is 14.5. The molecule has 0 N–H and O–H groups in total. The Bertz CT molecular complexity index is 1790. The Kier molecular flexibility index (Phi) is 9.47. The van der Waals surface area contributed by atoms with Crippen LogP contribution >= 0.6 is 11.6 Å². The molecule has 0 radical (unpaired) electrons. The minimum absolute atomic E-state index is 0.0574. The summed E-state index contributed by atoms with van der Waals surface area (Å²) in [6.07, 6.45) is 6.21. The Hall–Kier alpha value is -5.00. The van der Waals surface area contributed by atoms with Crippen LogP contribution < -0.4 is 0 Å². The molecule has 4 aromatic carbocycles. The first-order valence-electron chi connectivity index (χ1n) is 15.2. The van der Waals surface area contributed by atoms with E-state index in [-0.39, 0.29) is 18.4 Å². The maximum absolute atomic E-state index is 14.5. The monoisotopic (exact) mass is 611 g/mol. The van der Waals surface area contributed by atoms with Crippen LogP contribution in [-0.4, -0.2) is 39.2 Å². The zero-order chi connectivity index (χ0) is 31.0. The number of halogens is 1. The Morgan fingerprint density at radius 1 is 0.800 bits per heavy atom. The second kappa shape index (κ2) is 14.2. The standard InChI is InChI=1S/C39H34ClN3O2/c40-35-15-7-6-13-32(35)21-22-38(44)43(27-30-17-19-33(20-18-30)36-16-8-9-24-41-36)37(26-29-10-2-1-3-11-29)39(45)42-25-23-31-12-4-5-14-34(31)28-42/h1-22,24,37H,23,25-28H2/b22-21+/t37-/m0/s1. The van der Waals surface area contributed by atoms with Crippen molar-refractivity contribution in [2.24, 2.45) is 0 Å². The van der Waals surface area contributed by atoms with Gasteiger partial charge in [0, 0.05) is 48.9 Å². The molecule has 0 saturated heterocycles. The summed E-state index contributed by atoms with van der Waals surface area (Å²) in [5.74, 6) is -0.312. The van der Waals surface area contributed by atoms with Gasteiger partial charge in [-0.25, -0.2) is 0 Å². The van der Waals surface area contributed by atoms with Crippen LogP contribution in [0.15, 0.2) is 134 Å². The number of rotatable bonds is 9. The quantitative estimate of drug-likeness (QED) is 0.161. The summed E-state index contributed by atoms with van der Waals surface area (Å²) >= 11 is 6.40. The minimum Gasteiger partial charge on any atom is -0.336 e. The molecular weight excluding hydrogens is 578 g/mol. The lowest BCUT2D eigenvalue weighted by Gasteiger charge is -2.37. The van der Waals surface area contributed by atoms with Gasteiger partial charge in [0.15, 0.2) is 0 Å². The molecule has 0 spiro atoms. The van der Waals surface area contributed by atoms with Gasteiger partial charge in [-0.15, -0.1) is 0 Å². The molecule has 6 rings (SSSR count). The van der Waals surface area contributed by atoms with Crippen molar-refractivity contribution in [3.63, 3.8) is 0 Å². The van der Waals surface area contributed by atoms with Crippen LogP contribution in [0.5, 0.6) is 0 Å². The van der Waals surface area contributed by atoms with Crippen molar-refractivity contribution >= 4 is 29.5 Å². The van der Waals surface area contributed by atoms with Gasteiger partial charge in [-0.1, -0.05) is 115 Å². The Labute approximate surface area is 269 Å². The summed E-state index contributed by atoms with van der Waals surface area (Å²) < 4.78 is 0. The van der Waals surface area contributed by atoms with E-state index < -0.39 is 6.04 Å². The van der Waals surface area contributed by atoms with Gasteiger partial charge in [0.2, 0.25) is 11.8 Å². The van der Waals surface area contributed by atoms with Gasteiger partial charge in [0.1, 0.15) is 6.04 Å². The first-order valence-corrected chi connectivity index (χ1v) is 15.6. The number of aromatic nitrogens is 1. The smallest absolute Gasteiger partial charge is 0.247 e. The molecule has 1 aromatic heterocycles. The lowest BCUT2D eigenvalue weighted by Crippen LogP contribution is -2.52. The number of hydrogen-bond donors (Lipinski definition) is 0. The molecular formula is C39H34ClN3O2. The van der Waals surface area contributed by atoms with Gasteiger partial charge in [0.05, 0.1) is 5.69 Å². The molecule has 6 heteroatoms. The average Bonchev–Trinajstić information content (AvgIpc) is 3.10. The third kappa shape index (κ3) is 7.39. The third-order valence-corrected chi connectivity index (χ3v) is 8.58. The van der Waals surface area contributed by atoms with Gasteiger partial charge < -0.3 is 9.80 Å². The molecule has 2 heterocycles. The van der Waals surface area contributed by atoms with E-state index in [2.05, 4.69) is 17.1 Å². The Morgan fingerprint density at radius 2 is 1.51 bits per heavy atom. The Morgan fingerprint density at radius 3 is 2.27 bits per heavy atom. The number of carbonyl (C=O) groups is 2. The topological polar surface area (TPSA) is 53.5 Å². The van der Waals surface area contributed by atoms with Crippen LogP contribution in [0, 0.1) is 0 Å². The van der Waals surface area contributed by atoms with E-state index in [1.165, 1.54) is 11.6 Å². The molecule has 5 nitrogen and oxygen atoms in total. The lowest BCUT2D eigenvalue weighted by molar-refractivity contribution is -0.144. The van der Waals surface area contributed by atoms with E-state index >= 15 is 0 Å². The van der Waals surface area contributed by atoms with Crippen molar-refractivity contribution < 1.29 is 9.59 Å². The summed E-state index contributed by atoms with van der Waals surface area (Å²) in [5.41, 5.74) is 6.94. The highest BCUT2D eigenvalue weighted by molar-refractivity contribution is 6.32. The second-order valence-electron chi connectivity index (χ2n) is 11.2. The molecule has 0 fully saturated rings. The fourth-order valence-corrected chi connectivity index (χ4v) is 5.98. The molecule has 0 aliphatic carbocycles. The number of nitrogens with zero attached hydrogens (tertiary/aromatic N) is 3. The molecule has 1 aliphatic heterocycles. The van der Waals surface area contributed by atoms with Crippen molar-refractivity contribution in [2.75, 3.05) is 6.54 Å². The van der Waals surface area contributed by atoms with E-state index in [1.807, 2.05) is 108 Å². The van der Waals surface area contributed by atoms with E-state index in [4.69, 9.17) is 11.6 Å². The van der Waals surface area contributed by atoms with E-state index in [9.17, 15) is 9.59 Å². The zero-order valence-electron chi connectivity index (χ0n) is 24.9. The second-order valence-corrected chi connectivity index (χ2v) is 11.6. The summed E-state index contributed by atoms with van der Waals surface area (Å²) in [4.78, 5) is 36.7.